The number of nitrogens with one attached hydrogen (secondary N) is 6. The van der Waals surface area contributed by atoms with Crippen LogP contribution in [0.5, 0.6) is 11.5 Å². The van der Waals surface area contributed by atoms with Crippen molar-refractivity contribution in [3.05, 3.63) is 94.0 Å². The predicted molar refractivity (Wildman–Crippen MR) is 319 cm³/mol. The Kier molecular flexibility index (Phi) is 23.2. The molecule has 2 heterocycles. The van der Waals surface area contributed by atoms with Crippen molar-refractivity contribution in [2.24, 2.45) is 22.7 Å². The van der Waals surface area contributed by atoms with Crippen LogP contribution in [0.25, 0.3) is 0 Å². The second-order valence-electron chi connectivity index (χ2n) is 24.7. The number of fused-ring (bicyclic) bond motifs is 2. The van der Waals surface area contributed by atoms with Crippen molar-refractivity contribution >= 4 is 71.8 Å². The molecule has 2 fully saturated rings. The van der Waals surface area contributed by atoms with Crippen molar-refractivity contribution in [3.63, 3.8) is 0 Å². The number of ether oxygens (including phenoxy) is 2. The minimum atomic E-state index is -0.986. The minimum absolute atomic E-state index is 0. The average Bonchev–Trinajstić information content (AvgIpc) is 4.07. The molecule has 0 aromatic heterocycles. The fraction of sp³-hybridized carbons (Fsp3) is 0.581. The van der Waals surface area contributed by atoms with Crippen molar-refractivity contribution in [2.75, 3.05) is 41.4 Å². The topological polar surface area (TPSA) is 234 Å². The molecule has 0 bridgehead atoms. The molecule has 18 nitrogen and oxygen atoms in total. The lowest BCUT2D eigenvalue weighted by molar-refractivity contribution is -0.144. The maximum atomic E-state index is 14.8. The van der Waals surface area contributed by atoms with Crippen molar-refractivity contribution in [1.29, 1.82) is 0 Å². The van der Waals surface area contributed by atoms with Gasteiger partial charge < -0.3 is 51.2 Å². The van der Waals surface area contributed by atoms with Crippen LogP contribution in [-0.2, 0) is 41.6 Å². The highest BCUT2D eigenvalue weighted by Gasteiger charge is 2.48. The molecule has 2 aliphatic carbocycles. The van der Waals surface area contributed by atoms with Gasteiger partial charge >= 0.3 is 0 Å². The highest BCUT2D eigenvalue weighted by atomic mass is 35.5. The van der Waals surface area contributed by atoms with Gasteiger partial charge in [0, 0.05) is 37.1 Å². The molecule has 20 heteroatoms. The summed E-state index contributed by atoms with van der Waals surface area (Å²) in [5.41, 5.74) is 3.25. The lowest BCUT2D eigenvalue weighted by Gasteiger charge is -2.36. The maximum absolute atomic E-state index is 14.8. The minimum Gasteiger partial charge on any atom is -0.497 e. The third-order valence-corrected chi connectivity index (χ3v) is 16.8. The van der Waals surface area contributed by atoms with Gasteiger partial charge in [0.1, 0.15) is 35.7 Å². The summed E-state index contributed by atoms with van der Waals surface area (Å²) < 4.78 is 11.1. The number of likely N-dealkylation sites (tertiary alicyclic amines) is 2. The third-order valence-electron chi connectivity index (χ3n) is 16.8. The van der Waals surface area contributed by atoms with Crippen molar-refractivity contribution < 1.29 is 47.8 Å². The molecule has 3 aromatic carbocycles. The van der Waals surface area contributed by atoms with E-state index in [9.17, 15) is 38.4 Å². The molecular formula is C62H88Cl2N8O10. The first kappa shape index (κ1) is 66.7. The van der Waals surface area contributed by atoms with Gasteiger partial charge in [-0.1, -0.05) is 71.9 Å². The van der Waals surface area contributed by atoms with E-state index < -0.39 is 70.7 Å². The Bertz CT molecular complexity index is 2630. The fourth-order valence-corrected chi connectivity index (χ4v) is 11.8. The summed E-state index contributed by atoms with van der Waals surface area (Å²) in [6.07, 6.45) is 5.16. The first-order valence-electron chi connectivity index (χ1n) is 28.5. The first-order chi connectivity index (χ1) is 37.8. The number of methoxy groups -OCH3 is 2. The van der Waals surface area contributed by atoms with E-state index in [0.717, 1.165) is 47.9 Å². The third kappa shape index (κ3) is 15.8. The number of rotatable bonds is 20. The SMILES string of the molecule is CN[C@@H](C)C(=O)N[C@H](C(=O)N1C[C@@H](CC(=O)c2cccc(C(=O)C[C@H]3C[C@@H](C(=O)N[C@@H]4CCCc5ccc(OC)cc54)N(C(=O)[C@@H](NC(=O)[C@H](C)NC)C(C)(C)C)C3)c2)C[C@H]1C(=O)N[C@@H]1CCCc2ccc(OC)cc21)C(C)(C)C.Cl.Cl. The largest absolute Gasteiger partial charge is 0.497 e. The van der Waals surface area contributed by atoms with E-state index in [4.69, 9.17) is 9.47 Å². The van der Waals surface area contributed by atoms with Gasteiger partial charge in [0.25, 0.3) is 0 Å². The second-order valence-corrected chi connectivity index (χ2v) is 24.7. The van der Waals surface area contributed by atoms with Gasteiger partial charge in [-0.05, 0) is 155 Å². The van der Waals surface area contributed by atoms with Crippen molar-refractivity contribution in [2.45, 2.75) is 168 Å². The molecule has 0 unspecified atom stereocenters. The summed E-state index contributed by atoms with van der Waals surface area (Å²) in [6, 6.07) is 12.6. The van der Waals surface area contributed by atoms with E-state index in [0.29, 0.717) is 35.5 Å². The summed E-state index contributed by atoms with van der Waals surface area (Å²) >= 11 is 0. The Morgan fingerprint density at radius 2 is 0.951 bits per heavy atom. The summed E-state index contributed by atoms with van der Waals surface area (Å²) in [5, 5.41) is 18.2. The number of aryl methyl sites for hydroxylation is 2. The number of nitrogens with zero attached hydrogens (tertiary/aromatic N) is 2. The maximum Gasteiger partial charge on any atom is 0.246 e. The molecule has 10 atom stereocenters. The fourth-order valence-electron chi connectivity index (χ4n) is 11.8. The van der Waals surface area contributed by atoms with E-state index in [1.807, 2.05) is 77.9 Å². The van der Waals surface area contributed by atoms with Gasteiger partial charge in [-0.3, -0.25) is 38.4 Å². The van der Waals surface area contributed by atoms with Crippen LogP contribution in [-0.4, -0.2) is 134 Å². The van der Waals surface area contributed by atoms with Gasteiger partial charge in [0.2, 0.25) is 35.4 Å². The molecule has 2 aliphatic heterocycles. The van der Waals surface area contributed by atoms with Crippen LogP contribution in [0.3, 0.4) is 0 Å². The first-order valence-corrected chi connectivity index (χ1v) is 28.5. The number of halogens is 2. The molecule has 0 saturated carbocycles. The van der Waals surface area contributed by atoms with Gasteiger partial charge in [-0.25, -0.2) is 0 Å². The average molecular weight is 1180 g/mol. The normalized spacial score (nSPS) is 21.8. The smallest absolute Gasteiger partial charge is 0.246 e. The zero-order valence-electron chi connectivity index (χ0n) is 49.8. The number of carbonyl (C=O) groups excluding carboxylic acids is 8. The molecular weight excluding hydrogens is 1090 g/mol. The number of Topliss-reactive ketones (excluding diaryl/α,β-unsaturated/α-hetero) is 2. The molecule has 6 N–H and O–H groups in total. The van der Waals surface area contributed by atoms with Crippen LogP contribution >= 0.6 is 24.8 Å². The summed E-state index contributed by atoms with van der Waals surface area (Å²) in [4.78, 5) is 117. The summed E-state index contributed by atoms with van der Waals surface area (Å²) in [6.45, 7) is 14.7. The van der Waals surface area contributed by atoms with Crippen LogP contribution in [0, 0.1) is 22.7 Å². The Balaban J connectivity index is 0.00000616. The van der Waals surface area contributed by atoms with E-state index in [2.05, 4.69) is 31.9 Å². The second kappa shape index (κ2) is 28.5. The standard InChI is InChI=1S/C62H86N8O10.2ClH/c1-35(63-9)55(73)67-53(61(3,4)5)59(77)69-33-37(26-49(69)57(75)65-47-20-14-16-39-22-24-43(79-11)31-45(39)47)28-51(71)41-18-13-19-42(30-41)52(72)29-38-27-50(58(76)66-48-21-15-17-40-23-25-44(80-12)32-46(40)48)70(34-38)60(78)54(62(6,7)8)68-56(74)36(2)64-10;;/h13,18-19,22-25,30-32,35-38,47-50,53-54,63-64H,14-17,20-21,26-29,33-34H2,1-12H3,(H,65,75)(H,66,76)(H,67,73)(H,68,74);2*1H/t35-,36-,37+,38+,47+,48+,49-,50-,53+,54+;;/m0../s1. The Morgan fingerprint density at radius 1 is 0.573 bits per heavy atom. The lowest BCUT2D eigenvalue weighted by atomic mass is 9.85. The number of amides is 6. The van der Waals surface area contributed by atoms with E-state index in [1.165, 1.54) is 9.80 Å². The number of hydrogen-bond acceptors (Lipinski definition) is 12. The molecule has 0 radical (unpaired) electrons. The van der Waals surface area contributed by atoms with Crippen LogP contribution in [0.2, 0.25) is 0 Å². The number of carbonyl (C=O) groups is 8. The van der Waals surface area contributed by atoms with Gasteiger partial charge in [-0.15, -0.1) is 24.8 Å². The van der Waals surface area contributed by atoms with Gasteiger partial charge in [0.15, 0.2) is 11.6 Å². The molecule has 7 rings (SSSR count). The lowest BCUT2D eigenvalue weighted by Crippen LogP contribution is -2.59. The Hall–Kier alpha value is -6.08. The summed E-state index contributed by atoms with van der Waals surface area (Å²) in [7, 11) is 6.51. The highest BCUT2D eigenvalue weighted by molar-refractivity contribution is 6.02. The molecule has 4 aliphatic rings. The van der Waals surface area contributed by atoms with E-state index >= 15 is 0 Å². The highest BCUT2D eigenvalue weighted by Crippen LogP contribution is 2.38. The quantitative estimate of drug-likeness (QED) is 0.0642. The van der Waals surface area contributed by atoms with Crippen LogP contribution in [0.1, 0.15) is 162 Å². The molecule has 3 aromatic rings. The van der Waals surface area contributed by atoms with Gasteiger partial charge in [0.05, 0.1) is 38.4 Å². The predicted octanol–water partition coefficient (Wildman–Crippen LogP) is 6.79. The van der Waals surface area contributed by atoms with E-state index in [1.54, 1.807) is 66.4 Å². The molecule has 450 valence electrons. The molecule has 6 amide bonds. The molecule has 2 saturated heterocycles. The summed E-state index contributed by atoms with van der Waals surface area (Å²) in [5.74, 6) is -2.34. The van der Waals surface area contributed by atoms with E-state index in [-0.39, 0.29) is 111 Å². The Labute approximate surface area is 496 Å². The number of hydrogen-bond donors (Lipinski definition) is 6. The molecule has 0 spiro atoms. The number of benzene rings is 3. The number of ketones is 2. The van der Waals surface area contributed by atoms with Crippen LogP contribution < -0.4 is 41.4 Å². The van der Waals surface area contributed by atoms with Gasteiger partial charge in [-0.2, -0.15) is 0 Å². The van der Waals surface area contributed by atoms with Crippen molar-refractivity contribution in [3.8, 4) is 11.5 Å². The van der Waals surface area contributed by atoms with Crippen LogP contribution in [0.15, 0.2) is 60.7 Å². The zero-order chi connectivity index (χ0) is 58.4. The number of likely N-dealkylation sites (N-methyl/N-ethyl adjacent to an activating group) is 2. The zero-order valence-corrected chi connectivity index (χ0v) is 51.5. The van der Waals surface area contributed by atoms with Crippen molar-refractivity contribution in [1.82, 2.24) is 41.7 Å². The monoisotopic (exact) mass is 1170 g/mol. The Morgan fingerprint density at radius 3 is 1.29 bits per heavy atom. The molecule has 82 heavy (non-hydrogen) atoms. The van der Waals surface area contributed by atoms with Crippen LogP contribution in [0.4, 0.5) is 0 Å².